The Morgan fingerprint density at radius 3 is 2.89 bits per heavy atom. The number of aromatic nitrogens is 2. The smallest absolute Gasteiger partial charge is 0.0540 e. The van der Waals surface area contributed by atoms with Crippen LogP contribution in [0.15, 0.2) is 36.5 Å². The summed E-state index contributed by atoms with van der Waals surface area (Å²) in [5, 5.41) is 4.45. The molecular weight excluding hydrogens is 234 g/mol. The highest BCUT2D eigenvalue weighted by Gasteiger charge is 2.41. The van der Waals surface area contributed by atoms with E-state index in [9.17, 15) is 0 Å². The van der Waals surface area contributed by atoms with E-state index in [2.05, 4.69) is 58.3 Å². The van der Waals surface area contributed by atoms with E-state index in [4.69, 9.17) is 0 Å². The number of hydrogen-bond acceptors (Lipinski definition) is 2. The Balaban J connectivity index is 1.65. The van der Waals surface area contributed by atoms with Gasteiger partial charge in [-0.2, -0.15) is 5.10 Å². The molecule has 0 radical (unpaired) electrons. The van der Waals surface area contributed by atoms with E-state index in [1.54, 1.807) is 0 Å². The molecule has 3 nitrogen and oxygen atoms in total. The lowest BCUT2D eigenvalue weighted by Gasteiger charge is -2.34. The highest BCUT2D eigenvalue weighted by Crippen LogP contribution is 2.44. The van der Waals surface area contributed by atoms with E-state index in [0.29, 0.717) is 12.1 Å². The van der Waals surface area contributed by atoms with E-state index in [1.165, 1.54) is 29.7 Å². The van der Waals surface area contributed by atoms with Crippen LogP contribution in [0.3, 0.4) is 0 Å². The van der Waals surface area contributed by atoms with E-state index in [1.807, 2.05) is 0 Å². The summed E-state index contributed by atoms with van der Waals surface area (Å²) in [6.45, 7) is 1.07. The molecule has 2 unspecified atom stereocenters. The SMILES string of the molecule is Cn1ncc2c1CC1CCC2N1Cc1ccccc1. The highest BCUT2D eigenvalue weighted by atomic mass is 15.3. The largest absolute Gasteiger partial charge is 0.289 e. The molecule has 3 heteroatoms. The molecule has 1 saturated heterocycles. The van der Waals surface area contributed by atoms with Crippen LogP contribution in [0.25, 0.3) is 0 Å². The van der Waals surface area contributed by atoms with Crippen LogP contribution < -0.4 is 0 Å². The third-order valence-corrected chi connectivity index (χ3v) is 4.73. The molecule has 2 bridgehead atoms. The minimum absolute atomic E-state index is 0.586. The van der Waals surface area contributed by atoms with E-state index in [-0.39, 0.29) is 0 Å². The van der Waals surface area contributed by atoms with Crippen molar-refractivity contribution in [2.45, 2.75) is 37.9 Å². The van der Waals surface area contributed by atoms with Gasteiger partial charge in [-0.05, 0) is 18.4 Å². The second-order valence-electron chi connectivity index (χ2n) is 5.78. The van der Waals surface area contributed by atoms with Gasteiger partial charge in [0.05, 0.1) is 6.20 Å². The maximum atomic E-state index is 4.45. The van der Waals surface area contributed by atoms with Gasteiger partial charge in [0.25, 0.3) is 0 Å². The highest BCUT2D eigenvalue weighted by molar-refractivity contribution is 5.29. The first kappa shape index (κ1) is 11.2. The van der Waals surface area contributed by atoms with Gasteiger partial charge >= 0.3 is 0 Å². The molecule has 0 spiro atoms. The standard InChI is InChI=1S/C16H19N3/c1-18-16-9-13-7-8-15(14(16)10-17-18)19(13)11-12-5-3-2-4-6-12/h2-6,10,13,15H,7-9,11H2,1H3. The van der Waals surface area contributed by atoms with Crippen molar-refractivity contribution < 1.29 is 0 Å². The van der Waals surface area contributed by atoms with Gasteiger partial charge in [-0.3, -0.25) is 9.58 Å². The van der Waals surface area contributed by atoms with Crippen LogP contribution in [0.5, 0.6) is 0 Å². The maximum absolute atomic E-state index is 4.45. The summed E-state index contributed by atoms with van der Waals surface area (Å²) in [6.07, 6.45) is 5.86. The van der Waals surface area contributed by atoms with Crippen LogP contribution >= 0.6 is 0 Å². The first-order valence-corrected chi connectivity index (χ1v) is 7.13. The summed E-state index contributed by atoms with van der Waals surface area (Å²) in [4.78, 5) is 2.68. The number of hydrogen-bond donors (Lipinski definition) is 0. The average Bonchev–Trinajstić information content (AvgIpc) is 2.93. The summed E-state index contributed by atoms with van der Waals surface area (Å²) >= 11 is 0. The van der Waals surface area contributed by atoms with Crippen LogP contribution in [0, 0.1) is 0 Å². The summed E-state index contributed by atoms with van der Waals surface area (Å²) in [7, 11) is 2.07. The molecule has 2 aromatic rings. The van der Waals surface area contributed by atoms with E-state index < -0.39 is 0 Å². The maximum Gasteiger partial charge on any atom is 0.0540 e. The van der Waals surface area contributed by atoms with Gasteiger partial charge in [-0.1, -0.05) is 30.3 Å². The zero-order chi connectivity index (χ0) is 12.8. The predicted molar refractivity (Wildman–Crippen MR) is 74.7 cm³/mol. The Morgan fingerprint density at radius 1 is 1.21 bits per heavy atom. The molecule has 1 aromatic heterocycles. The van der Waals surface area contributed by atoms with Gasteiger partial charge in [-0.15, -0.1) is 0 Å². The Bertz CT molecular complexity index is 587. The van der Waals surface area contributed by atoms with Crippen molar-refractivity contribution >= 4 is 0 Å². The second kappa shape index (κ2) is 4.20. The molecule has 0 aliphatic carbocycles. The molecule has 3 heterocycles. The molecule has 2 aliphatic heterocycles. The van der Waals surface area contributed by atoms with Crippen molar-refractivity contribution in [3.05, 3.63) is 53.3 Å². The van der Waals surface area contributed by atoms with Crippen molar-refractivity contribution in [1.82, 2.24) is 14.7 Å². The van der Waals surface area contributed by atoms with Crippen LogP contribution in [0.2, 0.25) is 0 Å². The topological polar surface area (TPSA) is 21.1 Å². The minimum atomic E-state index is 0.586. The third kappa shape index (κ3) is 1.72. The summed E-state index contributed by atoms with van der Waals surface area (Å²) in [6, 6.07) is 12.1. The molecule has 0 saturated carbocycles. The lowest BCUT2D eigenvalue weighted by atomic mass is 9.99. The molecule has 0 amide bonds. The average molecular weight is 253 g/mol. The minimum Gasteiger partial charge on any atom is -0.289 e. The molecule has 2 aliphatic rings. The Morgan fingerprint density at radius 2 is 2.05 bits per heavy atom. The first-order valence-electron chi connectivity index (χ1n) is 7.13. The summed E-state index contributed by atoms with van der Waals surface area (Å²) in [5.41, 5.74) is 4.34. The molecular formula is C16H19N3. The van der Waals surface area contributed by atoms with Crippen LogP contribution in [0.4, 0.5) is 0 Å². The fraction of sp³-hybridized carbons (Fsp3) is 0.438. The number of aryl methyl sites for hydroxylation is 1. The Kier molecular flexibility index (Phi) is 2.49. The quantitative estimate of drug-likeness (QED) is 0.820. The third-order valence-electron chi connectivity index (χ3n) is 4.73. The zero-order valence-corrected chi connectivity index (χ0v) is 11.3. The monoisotopic (exact) mass is 253 g/mol. The van der Waals surface area contributed by atoms with Crippen LogP contribution in [-0.2, 0) is 20.0 Å². The van der Waals surface area contributed by atoms with Crippen molar-refractivity contribution in [3.8, 4) is 0 Å². The number of benzene rings is 1. The summed E-state index contributed by atoms with van der Waals surface area (Å²) < 4.78 is 2.07. The molecule has 1 aromatic carbocycles. The summed E-state index contributed by atoms with van der Waals surface area (Å²) in [5.74, 6) is 0. The lowest BCUT2D eigenvalue weighted by molar-refractivity contribution is 0.166. The molecule has 4 rings (SSSR count). The van der Waals surface area contributed by atoms with Crippen molar-refractivity contribution in [2.75, 3.05) is 0 Å². The fourth-order valence-electron chi connectivity index (χ4n) is 3.75. The first-order chi connectivity index (χ1) is 9.33. The van der Waals surface area contributed by atoms with Crippen molar-refractivity contribution in [2.24, 2.45) is 7.05 Å². The molecule has 2 atom stereocenters. The Hall–Kier alpha value is -1.61. The normalized spacial score (nSPS) is 25.5. The van der Waals surface area contributed by atoms with E-state index in [0.717, 1.165) is 13.0 Å². The Labute approximate surface area is 113 Å². The van der Waals surface area contributed by atoms with Crippen LogP contribution in [-0.4, -0.2) is 20.7 Å². The molecule has 19 heavy (non-hydrogen) atoms. The van der Waals surface area contributed by atoms with Gasteiger partial charge in [0.1, 0.15) is 0 Å². The van der Waals surface area contributed by atoms with Gasteiger partial charge < -0.3 is 0 Å². The van der Waals surface area contributed by atoms with Crippen molar-refractivity contribution in [1.29, 1.82) is 0 Å². The molecule has 0 N–H and O–H groups in total. The zero-order valence-electron chi connectivity index (χ0n) is 11.3. The lowest BCUT2D eigenvalue weighted by Crippen LogP contribution is -2.37. The number of fused-ring (bicyclic) bond motifs is 4. The van der Waals surface area contributed by atoms with Gasteiger partial charge in [-0.25, -0.2) is 0 Å². The van der Waals surface area contributed by atoms with Gasteiger partial charge in [0, 0.05) is 43.4 Å². The van der Waals surface area contributed by atoms with Gasteiger partial charge in [0.15, 0.2) is 0 Å². The second-order valence-corrected chi connectivity index (χ2v) is 5.78. The van der Waals surface area contributed by atoms with Crippen LogP contribution in [0.1, 0.15) is 35.7 Å². The number of nitrogens with zero attached hydrogens (tertiary/aromatic N) is 3. The fourth-order valence-corrected chi connectivity index (χ4v) is 3.75. The van der Waals surface area contributed by atoms with Gasteiger partial charge in [0.2, 0.25) is 0 Å². The molecule has 98 valence electrons. The van der Waals surface area contributed by atoms with Crippen molar-refractivity contribution in [3.63, 3.8) is 0 Å². The van der Waals surface area contributed by atoms with E-state index >= 15 is 0 Å². The molecule has 1 fully saturated rings. The predicted octanol–water partition coefficient (Wildman–Crippen LogP) is 2.68. The number of rotatable bonds is 2.